The van der Waals surface area contributed by atoms with Crippen LogP contribution in [0.15, 0.2) is 36.4 Å². The van der Waals surface area contributed by atoms with Gasteiger partial charge in [-0.3, -0.25) is 0 Å². The Bertz CT molecular complexity index is 645. The van der Waals surface area contributed by atoms with E-state index in [0.717, 1.165) is 0 Å². The lowest BCUT2D eigenvalue weighted by Gasteiger charge is -2.22. The van der Waals surface area contributed by atoms with Gasteiger partial charge in [-0.15, -0.1) is 0 Å². The summed E-state index contributed by atoms with van der Waals surface area (Å²) < 4.78 is 0. The third-order valence-corrected chi connectivity index (χ3v) is 4.52. The molecule has 0 unspecified atom stereocenters. The average Bonchev–Trinajstić information content (AvgIpc) is 2.58. The fraction of sp³-hybridized carbons (Fsp3) is 0.368. The van der Waals surface area contributed by atoms with Gasteiger partial charge in [0.1, 0.15) is 0 Å². The molecule has 19 heavy (non-hydrogen) atoms. The summed E-state index contributed by atoms with van der Waals surface area (Å²) in [6.07, 6.45) is 0. The highest BCUT2D eigenvalue weighted by Gasteiger charge is 2.35. The van der Waals surface area contributed by atoms with Crippen LogP contribution in [0.3, 0.4) is 0 Å². The molecule has 0 aliphatic heterocycles. The fourth-order valence-electron chi connectivity index (χ4n) is 3.24. The van der Waals surface area contributed by atoms with Crippen LogP contribution in [0.1, 0.15) is 55.9 Å². The van der Waals surface area contributed by atoms with Crippen molar-refractivity contribution in [3.05, 3.63) is 58.7 Å². The Morgan fingerprint density at radius 2 is 1.58 bits per heavy atom. The van der Waals surface area contributed by atoms with Gasteiger partial charge in [0, 0.05) is 5.41 Å². The van der Waals surface area contributed by atoms with Crippen molar-refractivity contribution in [3.63, 3.8) is 0 Å². The average molecular weight is 250 g/mol. The molecule has 0 radical (unpaired) electrons. The number of aryl methyl sites for hydroxylation is 1. The Labute approximate surface area is 116 Å². The van der Waals surface area contributed by atoms with Crippen LogP contribution in [0.25, 0.3) is 11.1 Å². The smallest absolute Gasteiger partial charge is 0.0158 e. The Balaban J connectivity index is 2.28. The second-order valence-electron chi connectivity index (χ2n) is 6.63. The molecule has 98 valence electrons. The lowest BCUT2D eigenvalue weighted by Crippen LogP contribution is -2.15. The summed E-state index contributed by atoms with van der Waals surface area (Å²) in [5.74, 6) is 0.589. The summed E-state index contributed by atoms with van der Waals surface area (Å²) >= 11 is 0. The van der Waals surface area contributed by atoms with Gasteiger partial charge in [-0.05, 0) is 40.7 Å². The third-order valence-electron chi connectivity index (χ3n) is 4.52. The minimum atomic E-state index is 0.128. The first kappa shape index (κ1) is 12.5. The molecule has 0 fully saturated rings. The van der Waals surface area contributed by atoms with Crippen molar-refractivity contribution in [1.82, 2.24) is 0 Å². The standard InChI is InChI=1S/C19H22/c1-12(2)14-7-8-15-16-10-13(3)6-9-17(16)19(4,5)18(15)11-14/h6-12H,1-5H3. The summed E-state index contributed by atoms with van der Waals surface area (Å²) in [6, 6.07) is 13.9. The Morgan fingerprint density at radius 1 is 0.842 bits per heavy atom. The van der Waals surface area contributed by atoms with Crippen molar-refractivity contribution in [2.75, 3.05) is 0 Å². The molecule has 0 nitrogen and oxygen atoms in total. The SMILES string of the molecule is Cc1ccc2c(c1)-c1ccc(C(C)C)cc1C2(C)C. The molecule has 0 heterocycles. The van der Waals surface area contributed by atoms with E-state index in [2.05, 4.69) is 71.0 Å². The van der Waals surface area contributed by atoms with E-state index in [-0.39, 0.29) is 5.41 Å². The number of hydrogen-bond donors (Lipinski definition) is 0. The molecule has 0 aromatic heterocycles. The molecule has 3 rings (SSSR count). The highest BCUT2D eigenvalue weighted by molar-refractivity contribution is 5.81. The molecule has 0 saturated heterocycles. The number of hydrogen-bond acceptors (Lipinski definition) is 0. The zero-order valence-corrected chi connectivity index (χ0v) is 12.5. The van der Waals surface area contributed by atoms with Crippen molar-refractivity contribution in [2.45, 2.75) is 46.0 Å². The maximum Gasteiger partial charge on any atom is 0.0158 e. The van der Waals surface area contributed by atoms with Crippen molar-refractivity contribution in [3.8, 4) is 11.1 Å². The largest absolute Gasteiger partial charge is 0.0590 e. The van der Waals surface area contributed by atoms with Gasteiger partial charge in [0.25, 0.3) is 0 Å². The Hall–Kier alpha value is -1.56. The van der Waals surface area contributed by atoms with Crippen LogP contribution in [0.4, 0.5) is 0 Å². The molecule has 0 bridgehead atoms. The minimum Gasteiger partial charge on any atom is -0.0590 e. The molecular formula is C19H22. The van der Waals surface area contributed by atoms with Crippen LogP contribution < -0.4 is 0 Å². The van der Waals surface area contributed by atoms with Crippen LogP contribution in [-0.2, 0) is 5.41 Å². The second-order valence-corrected chi connectivity index (χ2v) is 6.63. The number of benzene rings is 2. The lowest BCUT2D eigenvalue weighted by atomic mass is 9.81. The zero-order valence-electron chi connectivity index (χ0n) is 12.5. The molecule has 1 aliphatic rings. The topological polar surface area (TPSA) is 0 Å². The molecule has 0 saturated carbocycles. The predicted octanol–water partition coefficient (Wildman–Crippen LogP) is 5.42. The summed E-state index contributed by atoms with van der Waals surface area (Å²) in [5, 5.41) is 0. The molecule has 0 heteroatoms. The van der Waals surface area contributed by atoms with Crippen molar-refractivity contribution in [1.29, 1.82) is 0 Å². The second kappa shape index (κ2) is 3.96. The lowest BCUT2D eigenvalue weighted by molar-refractivity contribution is 0.658. The number of rotatable bonds is 1. The molecule has 0 N–H and O–H groups in total. The first-order valence-electron chi connectivity index (χ1n) is 7.17. The first-order valence-corrected chi connectivity index (χ1v) is 7.17. The first-order chi connectivity index (χ1) is 8.91. The fourth-order valence-corrected chi connectivity index (χ4v) is 3.24. The van der Waals surface area contributed by atoms with Gasteiger partial charge in [0.05, 0.1) is 0 Å². The minimum absolute atomic E-state index is 0.128. The highest BCUT2D eigenvalue weighted by Crippen LogP contribution is 2.49. The van der Waals surface area contributed by atoms with Crippen LogP contribution >= 0.6 is 0 Å². The maximum absolute atomic E-state index is 2.41. The van der Waals surface area contributed by atoms with E-state index in [4.69, 9.17) is 0 Å². The van der Waals surface area contributed by atoms with Gasteiger partial charge in [0.2, 0.25) is 0 Å². The van der Waals surface area contributed by atoms with Crippen LogP contribution in [0.2, 0.25) is 0 Å². The summed E-state index contributed by atoms with van der Waals surface area (Å²) in [4.78, 5) is 0. The van der Waals surface area contributed by atoms with Gasteiger partial charge >= 0.3 is 0 Å². The van der Waals surface area contributed by atoms with Crippen molar-refractivity contribution >= 4 is 0 Å². The molecule has 0 spiro atoms. The summed E-state index contributed by atoms with van der Waals surface area (Å²) in [6.45, 7) is 11.4. The molecule has 1 aliphatic carbocycles. The van der Waals surface area contributed by atoms with Crippen molar-refractivity contribution in [2.24, 2.45) is 0 Å². The van der Waals surface area contributed by atoms with Gasteiger partial charge in [0.15, 0.2) is 0 Å². The zero-order chi connectivity index (χ0) is 13.8. The molecule has 0 amide bonds. The number of fused-ring (bicyclic) bond motifs is 3. The van der Waals surface area contributed by atoms with Gasteiger partial charge in [-0.1, -0.05) is 69.7 Å². The van der Waals surface area contributed by atoms with Gasteiger partial charge in [-0.25, -0.2) is 0 Å². The van der Waals surface area contributed by atoms with Gasteiger partial charge < -0.3 is 0 Å². The van der Waals surface area contributed by atoms with E-state index in [1.54, 1.807) is 0 Å². The summed E-state index contributed by atoms with van der Waals surface area (Å²) in [7, 11) is 0. The van der Waals surface area contributed by atoms with Crippen LogP contribution in [-0.4, -0.2) is 0 Å². The van der Waals surface area contributed by atoms with Gasteiger partial charge in [-0.2, -0.15) is 0 Å². The van der Waals surface area contributed by atoms with E-state index < -0.39 is 0 Å². The molecule has 2 aromatic carbocycles. The molecule has 0 atom stereocenters. The van der Waals surface area contributed by atoms with E-state index >= 15 is 0 Å². The van der Waals surface area contributed by atoms with E-state index in [1.807, 2.05) is 0 Å². The highest BCUT2D eigenvalue weighted by atomic mass is 14.4. The summed E-state index contributed by atoms with van der Waals surface area (Å²) in [5.41, 5.74) is 8.71. The maximum atomic E-state index is 2.41. The molecular weight excluding hydrogens is 228 g/mol. The quantitative estimate of drug-likeness (QED) is 0.633. The van der Waals surface area contributed by atoms with E-state index in [9.17, 15) is 0 Å². The third kappa shape index (κ3) is 1.74. The van der Waals surface area contributed by atoms with Crippen molar-refractivity contribution < 1.29 is 0 Å². The Morgan fingerprint density at radius 3 is 2.26 bits per heavy atom. The predicted molar refractivity (Wildman–Crippen MR) is 82.8 cm³/mol. The normalized spacial score (nSPS) is 15.5. The van der Waals surface area contributed by atoms with Crippen LogP contribution in [0.5, 0.6) is 0 Å². The Kier molecular flexibility index (Phi) is 2.60. The molecule has 2 aromatic rings. The van der Waals surface area contributed by atoms with E-state index in [0.29, 0.717) is 5.92 Å². The van der Waals surface area contributed by atoms with E-state index in [1.165, 1.54) is 33.4 Å². The van der Waals surface area contributed by atoms with Crippen LogP contribution in [0, 0.1) is 6.92 Å². The monoisotopic (exact) mass is 250 g/mol.